The predicted molar refractivity (Wildman–Crippen MR) is 54.4 cm³/mol. The number of halogens is 1. The standard InChI is InChI=1S/C11H16FNO/c1-3-11(14,7-13)10-6-9(12)5-4-8(10)2/h4-6,14H,3,7,13H2,1-2H3. The summed E-state index contributed by atoms with van der Waals surface area (Å²) in [5, 5.41) is 10.1. The molecule has 0 heterocycles. The fraction of sp³-hybridized carbons (Fsp3) is 0.455. The van der Waals surface area contributed by atoms with Crippen LogP contribution >= 0.6 is 0 Å². The smallest absolute Gasteiger partial charge is 0.123 e. The van der Waals surface area contributed by atoms with Crippen molar-refractivity contribution in [2.75, 3.05) is 6.54 Å². The normalized spacial score (nSPS) is 15.2. The monoisotopic (exact) mass is 197 g/mol. The minimum Gasteiger partial charge on any atom is -0.384 e. The average molecular weight is 197 g/mol. The minimum absolute atomic E-state index is 0.105. The van der Waals surface area contributed by atoms with Gasteiger partial charge in [0, 0.05) is 6.54 Å². The van der Waals surface area contributed by atoms with Crippen molar-refractivity contribution in [3.05, 3.63) is 35.1 Å². The molecule has 0 aliphatic rings. The molecule has 0 radical (unpaired) electrons. The third-order valence-corrected chi connectivity index (χ3v) is 2.62. The topological polar surface area (TPSA) is 46.2 Å². The number of hydrogen-bond donors (Lipinski definition) is 2. The molecule has 0 amide bonds. The van der Waals surface area contributed by atoms with Gasteiger partial charge in [0.15, 0.2) is 0 Å². The zero-order valence-electron chi connectivity index (χ0n) is 8.55. The molecule has 14 heavy (non-hydrogen) atoms. The van der Waals surface area contributed by atoms with E-state index in [-0.39, 0.29) is 12.4 Å². The van der Waals surface area contributed by atoms with Gasteiger partial charge in [-0.25, -0.2) is 4.39 Å². The van der Waals surface area contributed by atoms with Gasteiger partial charge in [0.1, 0.15) is 11.4 Å². The van der Waals surface area contributed by atoms with Crippen molar-refractivity contribution < 1.29 is 9.50 Å². The lowest BCUT2D eigenvalue weighted by Gasteiger charge is -2.27. The van der Waals surface area contributed by atoms with Crippen molar-refractivity contribution in [3.8, 4) is 0 Å². The number of aliphatic hydroxyl groups is 1. The lowest BCUT2D eigenvalue weighted by Crippen LogP contribution is -2.34. The molecular formula is C11H16FNO. The molecule has 0 bridgehead atoms. The van der Waals surface area contributed by atoms with Gasteiger partial charge in [0.2, 0.25) is 0 Å². The largest absolute Gasteiger partial charge is 0.384 e. The first-order valence-corrected chi connectivity index (χ1v) is 4.72. The molecule has 0 fully saturated rings. The van der Waals surface area contributed by atoms with E-state index in [0.29, 0.717) is 12.0 Å². The molecule has 3 heteroatoms. The van der Waals surface area contributed by atoms with Gasteiger partial charge >= 0.3 is 0 Å². The van der Waals surface area contributed by atoms with E-state index >= 15 is 0 Å². The lowest BCUT2D eigenvalue weighted by molar-refractivity contribution is 0.0409. The Labute approximate surface area is 83.6 Å². The number of benzene rings is 1. The second kappa shape index (κ2) is 4.07. The highest BCUT2D eigenvalue weighted by Crippen LogP contribution is 2.27. The van der Waals surface area contributed by atoms with E-state index in [2.05, 4.69) is 0 Å². The summed E-state index contributed by atoms with van der Waals surface area (Å²) >= 11 is 0. The van der Waals surface area contributed by atoms with Crippen molar-refractivity contribution in [2.24, 2.45) is 5.73 Å². The van der Waals surface area contributed by atoms with E-state index in [1.807, 2.05) is 13.8 Å². The van der Waals surface area contributed by atoms with Crippen LogP contribution in [0.15, 0.2) is 18.2 Å². The fourth-order valence-electron chi connectivity index (χ4n) is 1.54. The van der Waals surface area contributed by atoms with Gasteiger partial charge in [-0.1, -0.05) is 13.0 Å². The van der Waals surface area contributed by atoms with Crippen LogP contribution in [0, 0.1) is 12.7 Å². The molecule has 0 aliphatic heterocycles. The predicted octanol–water partition coefficient (Wildman–Crippen LogP) is 1.69. The van der Waals surface area contributed by atoms with Crippen molar-refractivity contribution >= 4 is 0 Å². The summed E-state index contributed by atoms with van der Waals surface area (Å²) in [6.07, 6.45) is 0.480. The molecule has 1 aromatic carbocycles. The van der Waals surface area contributed by atoms with E-state index in [4.69, 9.17) is 5.73 Å². The van der Waals surface area contributed by atoms with Gasteiger partial charge in [0.05, 0.1) is 0 Å². The van der Waals surface area contributed by atoms with Crippen molar-refractivity contribution in [1.82, 2.24) is 0 Å². The summed E-state index contributed by atoms with van der Waals surface area (Å²) in [4.78, 5) is 0. The average Bonchev–Trinajstić information content (AvgIpc) is 2.20. The number of aryl methyl sites for hydroxylation is 1. The Kier molecular flexibility index (Phi) is 3.24. The first-order chi connectivity index (χ1) is 6.53. The van der Waals surface area contributed by atoms with E-state index in [9.17, 15) is 9.50 Å². The van der Waals surface area contributed by atoms with Crippen LogP contribution < -0.4 is 5.73 Å². The molecule has 1 rings (SSSR count). The molecule has 0 saturated heterocycles. The maximum Gasteiger partial charge on any atom is 0.123 e. The Morgan fingerprint density at radius 3 is 2.64 bits per heavy atom. The summed E-state index contributed by atoms with van der Waals surface area (Å²) in [5.74, 6) is -0.342. The summed E-state index contributed by atoms with van der Waals surface area (Å²) in [6.45, 7) is 3.77. The molecule has 1 unspecified atom stereocenters. The Bertz CT molecular complexity index is 321. The Morgan fingerprint density at radius 2 is 2.14 bits per heavy atom. The molecule has 2 nitrogen and oxygen atoms in total. The molecule has 0 aliphatic carbocycles. The molecule has 3 N–H and O–H groups in total. The second-order valence-corrected chi connectivity index (χ2v) is 3.55. The third kappa shape index (κ3) is 1.94. The van der Waals surface area contributed by atoms with Crippen LogP contribution in [-0.2, 0) is 5.60 Å². The number of hydrogen-bond acceptors (Lipinski definition) is 2. The van der Waals surface area contributed by atoms with Crippen LogP contribution in [0.5, 0.6) is 0 Å². The second-order valence-electron chi connectivity index (χ2n) is 3.55. The quantitative estimate of drug-likeness (QED) is 0.774. The molecular weight excluding hydrogens is 181 g/mol. The highest BCUT2D eigenvalue weighted by Gasteiger charge is 2.27. The van der Waals surface area contributed by atoms with Gasteiger partial charge in [0.25, 0.3) is 0 Å². The first-order valence-electron chi connectivity index (χ1n) is 4.72. The fourth-order valence-corrected chi connectivity index (χ4v) is 1.54. The zero-order chi connectivity index (χ0) is 10.8. The van der Waals surface area contributed by atoms with Crippen molar-refractivity contribution in [1.29, 1.82) is 0 Å². The van der Waals surface area contributed by atoms with Crippen LogP contribution in [0.1, 0.15) is 24.5 Å². The summed E-state index contributed by atoms with van der Waals surface area (Å²) in [7, 11) is 0. The third-order valence-electron chi connectivity index (χ3n) is 2.62. The van der Waals surface area contributed by atoms with Gasteiger partial charge < -0.3 is 10.8 Å². The van der Waals surface area contributed by atoms with Gasteiger partial charge in [-0.2, -0.15) is 0 Å². The van der Waals surface area contributed by atoms with E-state index in [1.54, 1.807) is 6.07 Å². The lowest BCUT2D eigenvalue weighted by atomic mass is 9.88. The molecule has 1 aromatic rings. The van der Waals surface area contributed by atoms with Crippen LogP contribution in [0.3, 0.4) is 0 Å². The van der Waals surface area contributed by atoms with Crippen LogP contribution in [0.4, 0.5) is 4.39 Å². The van der Waals surface area contributed by atoms with Gasteiger partial charge in [-0.05, 0) is 36.6 Å². The molecule has 0 spiro atoms. The number of nitrogens with two attached hydrogens (primary N) is 1. The maximum absolute atomic E-state index is 13.0. The Balaban J connectivity index is 3.22. The molecule has 0 aromatic heterocycles. The minimum atomic E-state index is -1.10. The van der Waals surface area contributed by atoms with Crippen LogP contribution in [-0.4, -0.2) is 11.7 Å². The SMILES string of the molecule is CCC(O)(CN)c1cc(F)ccc1C. The van der Waals surface area contributed by atoms with Gasteiger partial charge in [-0.15, -0.1) is 0 Å². The Morgan fingerprint density at radius 1 is 1.50 bits per heavy atom. The molecule has 0 saturated carbocycles. The van der Waals surface area contributed by atoms with Crippen LogP contribution in [0.25, 0.3) is 0 Å². The van der Waals surface area contributed by atoms with E-state index in [0.717, 1.165) is 5.56 Å². The highest BCUT2D eigenvalue weighted by atomic mass is 19.1. The highest BCUT2D eigenvalue weighted by molar-refractivity contribution is 5.32. The van der Waals surface area contributed by atoms with E-state index in [1.165, 1.54) is 12.1 Å². The Hall–Kier alpha value is -0.930. The molecule has 78 valence electrons. The molecule has 1 atom stereocenters. The first kappa shape index (κ1) is 11.1. The maximum atomic E-state index is 13.0. The summed E-state index contributed by atoms with van der Waals surface area (Å²) in [5.41, 5.74) is 5.84. The number of rotatable bonds is 3. The van der Waals surface area contributed by atoms with Crippen molar-refractivity contribution in [3.63, 3.8) is 0 Å². The summed E-state index contributed by atoms with van der Waals surface area (Å²) in [6, 6.07) is 4.39. The van der Waals surface area contributed by atoms with Crippen LogP contribution in [0.2, 0.25) is 0 Å². The van der Waals surface area contributed by atoms with E-state index < -0.39 is 5.60 Å². The summed E-state index contributed by atoms with van der Waals surface area (Å²) < 4.78 is 13.0. The zero-order valence-corrected chi connectivity index (χ0v) is 8.55. The van der Waals surface area contributed by atoms with Gasteiger partial charge in [-0.3, -0.25) is 0 Å². The van der Waals surface area contributed by atoms with Crippen molar-refractivity contribution in [2.45, 2.75) is 25.9 Å².